The van der Waals surface area contributed by atoms with Crippen molar-refractivity contribution in [2.24, 2.45) is 0 Å². The van der Waals surface area contributed by atoms with Crippen LogP contribution in [0.5, 0.6) is 0 Å². The normalized spacial score (nSPS) is 9.70. The quantitative estimate of drug-likeness (QED) is 0.526. The lowest BCUT2D eigenvalue weighted by Crippen LogP contribution is -1.93. The van der Waals surface area contributed by atoms with Gasteiger partial charge in [-0.15, -0.1) is 0 Å². The molecule has 0 aliphatic carbocycles. The Morgan fingerprint density at radius 3 is 2.50 bits per heavy atom. The van der Waals surface area contributed by atoms with Crippen molar-refractivity contribution in [1.82, 2.24) is 0 Å². The molecule has 0 saturated heterocycles. The number of methoxy groups -OCH3 is 1. The Balaban J connectivity index is 2.84. The molecule has 0 aromatic heterocycles. The molecule has 0 aromatic carbocycles. The second-order valence-corrected chi connectivity index (χ2v) is 2.18. The molecule has 0 amide bonds. The standard InChI is InChI=1S/C7H13O3/c1-10-6-4-2-3-5-7(8)9/h2-6H2,1H3. The molecule has 0 fully saturated rings. The second kappa shape index (κ2) is 6.55. The van der Waals surface area contributed by atoms with Gasteiger partial charge in [-0.1, -0.05) is 6.42 Å². The maximum absolute atomic E-state index is 9.89. The van der Waals surface area contributed by atoms with Gasteiger partial charge in [0.25, 0.3) is 0 Å². The molecule has 0 bridgehead atoms. The molecule has 3 heteroatoms. The first-order valence-corrected chi connectivity index (χ1v) is 3.46. The van der Waals surface area contributed by atoms with Crippen molar-refractivity contribution >= 4 is 5.97 Å². The molecule has 0 aliphatic heterocycles. The molecule has 0 spiro atoms. The third-order valence-corrected chi connectivity index (χ3v) is 1.23. The zero-order valence-corrected chi connectivity index (χ0v) is 6.26. The van der Waals surface area contributed by atoms with E-state index in [2.05, 4.69) is 0 Å². The second-order valence-electron chi connectivity index (χ2n) is 2.18. The van der Waals surface area contributed by atoms with Crippen molar-refractivity contribution < 1.29 is 14.6 Å². The van der Waals surface area contributed by atoms with Crippen LogP contribution >= 0.6 is 0 Å². The molecule has 59 valence electrons. The molecule has 0 unspecified atom stereocenters. The van der Waals surface area contributed by atoms with Gasteiger partial charge in [-0.3, -0.25) is 0 Å². The third kappa shape index (κ3) is 7.43. The van der Waals surface area contributed by atoms with Gasteiger partial charge in [0.1, 0.15) is 0 Å². The molecule has 3 nitrogen and oxygen atoms in total. The lowest BCUT2D eigenvalue weighted by Gasteiger charge is -1.95. The summed E-state index contributed by atoms with van der Waals surface area (Å²) >= 11 is 0. The van der Waals surface area contributed by atoms with E-state index in [1.54, 1.807) is 7.11 Å². The molecule has 0 heterocycles. The number of rotatable bonds is 6. The Labute approximate surface area is 61.0 Å². The van der Waals surface area contributed by atoms with E-state index in [1.807, 2.05) is 0 Å². The lowest BCUT2D eigenvalue weighted by atomic mass is 10.2. The Morgan fingerprint density at radius 1 is 1.30 bits per heavy atom. The molecular weight excluding hydrogens is 132 g/mol. The van der Waals surface area contributed by atoms with Crippen LogP contribution < -0.4 is 0 Å². The van der Waals surface area contributed by atoms with E-state index in [1.165, 1.54) is 0 Å². The minimum absolute atomic E-state index is 0.170. The highest BCUT2D eigenvalue weighted by Gasteiger charge is 1.97. The molecule has 0 rings (SSSR count). The van der Waals surface area contributed by atoms with Gasteiger partial charge in [0.2, 0.25) is 0 Å². The van der Waals surface area contributed by atoms with Crippen molar-refractivity contribution in [3.8, 4) is 0 Å². The number of carbonyl (C=O) groups excluding carboxylic acids is 1. The van der Waals surface area contributed by atoms with E-state index in [-0.39, 0.29) is 6.42 Å². The SMILES string of the molecule is COCCCCCC([O])=O. The summed E-state index contributed by atoms with van der Waals surface area (Å²) in [5.74, 6) is -0.961. The van der Waals surface area contributed by atoms with E-state index in [4.69, 9.17) is 4.74 Å². The minimum atomic E-state index is -0.961. The van der Waals surface area contributed by atoms with Gasteiger partial charge in [0.15, 0.2) is 0 Å². The van der Waals surface area contributed by atoms with Crippen LogP contribution in [0, 0.1) is 0 Å². The number of hydrogen-bond donors (Lipinski definition) is 0. The van der Waals surface area contributed by atoms with Gasteiger partial charge in [-0.25, -0.2) is 9.90 Å². The van der Waals surface area contributed by atoms with Crippen LogP contribution in [-0.4, -0.2) is 19.7 Å². The van der Waals surface area contributed by atoms with Crippen LogP contribution in [0.2, 0.25) is 0 Å². The summed E-state index contributed by atoms with van der Waals surface area (Å²) in [5.41, 5.74) is 0. The van der Waals surface area contributed by atoms with Crippen molar-refractivity contribution in [3.05, 3.63) is 0 Å². The van der Waals surface area contributed by atoms with Gasteiger partial charge in [0, 0.05) is 13.7 Å². The molecule has 0 aliphatic rings. The Bertz CT molecular complexity index is 90.9. The lowest BCUT2D eigenvalue weighted by molar-refractivity contribution is -0.143. The van der Waals surface area contributed by atoms with E-state index in [0.717, 1.165) is 12.8 Å². The number of carbonyl (C=O) groups is 1. The summed E-state index contributed by atoms with van der Waals surface area (Å²) in [6.07, 6.45) is 2.71. The number of ether oxygens (including phenoxy) is 1. The minimum Gasteiger partial charge on any atom is -0.385 e. The van der Waals surface area contributed by atoms with Gasteiger partial charge in [-0.2, -0.15) is 0 Å². The van der Waals surface area contributed by atoms with Crippen molar-refractivity contribution in [3.63, 3.8) is 0 Å². The van der Waals surface area contributed by atoms with Gasteiger partial charge in [0.05, 0.1) is 6.42 Å². The third-order valence-electron chi connectivity index (χ3n) is 1.23. The summed E-state index contributed by atoms with van der Waals surface area (Å²) in [6, 6.07) is 0. The first-order chi connectivity index (χ1) is 4.77. The fourth-order valence-corrected chi connectivity index (χ4v) is 0.693. The summed E-state index contributed by atoms with van der Waals surface area (Å²) < 4.78 is 4.79. The maximum Gasteiger partial charge on any atom is 0.355 e. The summed E-state index contributed by atoms with van der Waals surface area (Å²) in [7, 11) is 1.64. The Kier molecular flexibility index (Phi) is 6.18. The number of unbranched alkanes of at least 4 members (excludes halogenated alkanes) is 2. The first kappa shape index (κ1) is 9.43. The summed E-state index contributed by atoms with van der Waals surface area (Å²) in [6.45, 7) is 0.715. The van der Waals surface area contributed by atoms with Crippen molar-refractivity contribution in [2.45, 2.75) is 25.7 Å². The fraction of sp³-hybridized carbons (Fsp3) is 0.857. The molecule has 0 atom stereocenters. The van der Waals surface area contributed by atoms with Crippen LogP contribution in [0.1, 0.15) is 25.7 Å². The van der Waals surface area contributed by atoms with E-state index < -0.39 is 5.97 Å². The molecule has 1 radical (unpaired) electrons. The highest BCUT2D eigenvalue weighted by atomic mass is 16.5. The van der Waals surface area contributed by atoms with Crippen LogP contribution in [-0.2, 0) is 14.6 Å². The monoisotopic (exact) mass is 145 g/mol. The van der Waals surface area contributed by atoms with Crippen LogP contribution in [0.25, 0.3) is 0 Å². The summed E-state index contributed by atoms with van der Waals surface area (Å²) in [5, 5.41) is 9.89. The van der Waals surface area contributed by atoms with Gasteiger partial charge >= 0.3 is 5.97 Å². The average molecular weight is 145 g/mol. The molecule has 0 N–H and O–H groups in total. The summed E-state index contributed by atoms with van der Waals surface area (Å²) in [4.78, 5) is 9.89. The largest absolute Gasteiger partial charge is 0.385 e. The van der Waals surface area contributed by atoms with E-state index >= 15 is 0 Å². The fourth-order valence-electron chi connectivity index (χ4n) is 0.693. The first-order valence-electron chi connectivity index (χ1n) is 3.46. The van der Waals surface area contributed by atoms with E-state index in [0.29, 0.717) is 13.0 Å². The van der Waals surface area contributed by atoms with Crippen LogP contribution in [0.15, 0.2) is 0 Å². The molecular formula is C7H13O3. The highest BCUT2D eigenvalue weighted by molar-refractivity contribution is 5.66. The van der Waals surface area contributed by atoms with Crippen molar-refractivity contribution in [1.29, 1.82) is 0 Å². The van der Waals surface area contributed by atoms with Crippen LogP contribution in [0.4, 0.5) is 0 Å². The maximum atomic E-state index is 9.89. The average Bonchev–Trinajstić information content (AvgIpc) is 1.87. The Hall–Kier alpha value is -0.570. The Morgan fingerprint density at radius 2 is 2.00 bits per heavy atom. The number of hydrogen-bond acceptors (Lipinski definition) is 2. The van der Waals surface area contributed by atoms with E-state index in [9.17, 15) is 9.90 Å². The molecule has 0 saturated carbocycles. The van der Waals surface area contributed by atoms with Gasteiger partial charge < -0.3 is 4.74 Å². The smallest absolute Gasteiger partial charge is 0.355 e. The topological polar surface area (TPSA) is 46.2 Å². The zero-order valence-electron chi connectivity index (χ0n) is 6.26. The van der Waals surface area contributed by atoms with Gasteiger partial charge in [-0.05, 0) is 12.8 Å². The predicted octanol–water partition coefficient (Wildman–Crippen LogP) is 1.15. The highest BCUT2D eigenvalue weighted by Crippen LogP contribution is 1.99. The zero-order chi connectivity index (χ0) is 7.82. The predicted molar refractivity (Wildman–Crippen MR) is 36.0 cm³/mol. The van der Waals surface area contributed by atoms with Crippen LogP contribution in [0.3, 0.4) is 0 Å². The molecule has 0 aromatic rings. The van der Waals surface area contributed by atoms with Crippen molar-refractivity contribution in [2.75, 3.05) is 13.7 Å². The molecule has 10 heavy (non-hydrogen) atoms.